The standard InChI is InChI=1S/C24H38O/c1-6-7-8-9-14-23(2,3)18-12-10-17(11-13-18)19-15-22(25)21-16-20(19)24(21,4)5/h10-13,19-22,25H,6-9,14-16H2,1-5H3/t19?,20-,21+,22?/m1/s1. The summed E-state index contributed by atoms with van der Waals surface area (Å²) < 4.78 is 0. The van der Waals surface area contributed by atoms with Gasteiger partial charge in [0.2, 0.25) is 0 Å². The molecule has 4 atom stereocenters. The zero-order valence-corrected chi connectivity index (χ0v) is 17.0. The second-order valence-electron chi connectivity index (χ2n) is 10.00. The second-order valence-corrected chi connectivity index (χ2v) is 10.00. The smallest absolute Gasteiger partial charge is 0.0579 e. The summed E-state index contributed by atoms with van der Waals surface area (Å²) in [6.45, 7) is 11.8. The third-order valence-electron chi connectivity index (χ3n) is 7.64. The van der Waals surface area contributed by atoms with Gasteiger partial charge in [0, 0.05) is 0 Å². The Balaban J connectivity index is 1.68. The van der Waals surface area contributed by atoms with Crippen LogP contribution in [0.5, 0.6) is 0 Å². The van der Waals surface area contributed by atoms with Gasteiger partial charge in [-0.05, 0) is 59.0 Å². The molecule has 1 aromatic rings. The Morgan fingerprint density at radius 2 is 1.68 bits per heavy atom. The highest BCUT2D eigenvalue weighted by Crippen LogP contribution is 2.63. The van der Waals surface area contributed by atoms with Crippen molar-refractivity contribution < 1.29 is 5.11 Å². The van der Waals surface area contributed by atoms with Crippen molar-refractivity contribution in [3.63, 3.8) is 0 Å². The summed E-state index contributed by atoms with van der Waals surface area (Å²) >= 11 is 0. The Hall–Kier alpha value is -0.820. The molecule has 3 fully saturated rings. The van der Waals surface area contributed by atoms with Gasteiger partial charge in [0.25, 0.3) is 0 Å². The molecule has 3 aliphatic rings. The summed E-state index contributed by atoms with van der Waals surface area (Å²) in [7, 11) is 0. The Morgan fingerprint density at radius 1 is 1.00 bits per heavy atom. The van der Waals surface area contributed by atoms with Gasteiger partial charge in [0.05, 0.1) is 6.10 Å². The monoisotopic (exact) mass is 342 g/mol. The lowest BCUT2D eigenvalue weighted by atomic mass is 9.44. The van der Waals surface area contributed by atoms with E-state index in [1.165, 1.54) is 49.7 Å². The highest BCUT2D eigenvalue weighted by Gasteiger charge is 2.58. The minimum atomic E-state index is -0.111. The van der Waals surface area contributed by atoms with Crippen LogP contribution in [0.3, 0.4) is 0 Å². The first-order valence-corrected chi connectivity index (χ1v) is 10.6. The SMILES string of the molecule is CCCCCCC(C)(C)c1ccc(C2CC(O)[C@@H]3C[C@H]2C3(C)C)cc1. The van der Waals surface area contributed by atoms with Crippen LogP contribution in [-0.4, -0.2) is 11.2 Å². The van der Waals surface area contributed by atoms with E-state index in [1.807, 2.05) is 0 Å². The van der Waals surface area contributed by atoms with E-state index in [0.29, 0.717) is 17.3 Å². The molecular formula is C24H38O. The van der Waals surface area contributed by atoms with E-state index >= 15 is 0 Å². The van der Waals surface area contributed by atoms with Crippen LogP contribution in [0.2, 0.25) is 0 Å². The lowest BCUT2D eigenvalue weighted by Crippen LogP contribution is -2.57. The van der Waals surface area contributed by atoms with Crippen molar-refractivity contribution >= 4 is 0 Å². The van der Waals surface area contributed by atoms with Crippen molar-refractivity contribution in [3.8, 4) is 0 Å². The van der Waals surface area contributed by atoms with Crippen LogP contribution >= 0.6 is 0 Å². The molecule has 25 heavy (non-hydrogen) atoms. The van der Waals surface area contributed by atoms with Crippen LogP contribution in [0.1, 0.15) is 96.6 Å². The first-order valence-electron chi connectivity index (χ1n) is 10.6. The summed E-state index contributed by atoms with van der Waals surface area (Å²) in [6, 6.07) is 9.43. The first-order chi connectivity index (χ1) is 11.8. The summed E-state index contributed by atoms with van der Waals surface area (Å²) in [4.78, 5) is 0. The molecule has 1 aromatic carbocycles. The number of unbranched alkanes of at least 4 members (excludes halogenated alkanes) is 3. The summed E-state index contributed by atoms with van der Waals surface area (Å²) in [6.07, 6.45) is 8.68. The molecule has 3 saturated carbocycles. The Morgan fingerprint density at radius 3 is 2.24 bits per heavy atom. The van der Waals surface area contributed by atoms with Crippen molar-refractivity contribution in [3.05, 3.63) is 35.4 Å². The maximum atomic E-state index is 10.5. The average molecular weight is 343 g/mol. The number of aliphatic hydroxyl groups excluding tert-OH is 1. The minimum Gasteiger partial charge on any atom is -0.393 e. The predicted octanol–water partition coefficient (Wildman–Crippen LogP) is 6.45. The van der Waals surface area contributed by atoms with E-state index in [9.17, 15) is 5.11 Å². The van der Waals surface area contributed by atoms with Gasteiger partial charge in [-0.1, -0.05) is 84.6 Å². The Labute approximate surface area is 155 Å². The third kappa shape index (κ3) is 3.54. The fourth-order valence-corrected chi connectivity index (χ4v) is 5.61. The van der Waals surface area contributed by atoms with E-state index < -0.39 is 0 Å². The minimum absolute atomic E-state index is 0.111. The Bertz CT molecular complexity index is 568. The van der Waals surface area contributed by atoms with E-state index in [-0.39, 0.29) is 11.5 Å². The van der Waals surface area contributed by atoms with E-state index in [0.717, 1.165) is 12.3 Å². The summed E-state index contributed by atoms with van der Waals surface area (Å²) in [5, 5.41) is 10.5. The molecule has 0 aliphatic heterocycles. The molecule has 0 saturated heterocycles. The zero-order chi connectivity index (χ0) is 18.2. The van der Waals surface area contributed by atoms with Crippen molar-refractivity contribution in [1.82, 2.24) is 0 Å². The fraction of sp³-hybridized carbons (Fsp3) is 0.750. The second kappa shape index (κ2) is 7.06. The number of aliphatic hydroxyl groups is 1. The van der Waals surface area contributed by atoms with Gasteiger partial charge in [-0.25, -0.2) is 0 Å². The van der Waals surface area contributed by atoms with E-state index in [1.54, 1.807) is 0 Å². The van der Waals surface area contributed by atoms with Crippen LogP contribution in [0, 0.1) is 17.3 Å². The van der Waals surface area contributed by atoms with Crippen molar-refractivity contribution in [2.45, 2.75) is 97.0 Å². The fourth-order valence-electron chi connectivity index (χ4n) is 5.61. The zero-order valence-electron chi connectivity index (χ0n) is 17.0. The van der Waals surface area contributed by atoms with Gasteiger partial charge in [0.1, 0.15) is 0 Å². The number of fused-ring (bicyclic) bond motifs is 2. The maximum absolute atomic E-state index is 10.5. The largest absolute Gasteiger partial charge is 0.393 e. The molecule has 0 aromatic heterocycles. The third-order valence-corrected chi connectivity index (χ3v) is 7.64. The van der Waals surface area contributed by atoms with Crippen LogP contribution in [0.15, 0.2) is 24.3 Å². The van der Waals surface area contributed by atoms with Gasteiger partial charge < -0.3 is 5.11 Å². The molecule has 1 heteroatoms. The molecule has 0 radical (unpaired) electrons. The average Bonchev–Trinajstić information content (AvgIpc) is 2.58. The van der Waals surface area contributed by atoms with E-state index in [4.69, 9.17) is 0 Å². The molecule has 2 bridgehead atoms. The number of hydrogen-bond donors (Lipinski definition) is 1. The van der Waals surface area contributed by atoms with Crippen molar-refractivity contribution in [2.24, 2.45) is 17.3 Å². The lowest BCUT2D eigenvalue weighted by molar-refractivity contribution is -0.152. The molecule has 140 valence electrons. The van der Waals surface area contributed by atoms with Crippen LogP contribution in [-0.2, 0) is 5.41 Å². The van der Waals surface area contributed by atoms with Crippen molar-refractivity contribution in [2.75, 3.05) is 0 Å². The summed E-state index contributed by atoms with van der Waals surface area (Å²) in [5.74, 6) is 1.81. The van der Waals surface area contributed by atoms with Crippen LogP contribution in [0.25, 0.3) is 0 Å². The first kappa shape index (κ1) is 19.0. The van der Waals surface area contributed by atoms with E-state index in [2.05, 4.69) is 58.9 Å². The van der Waals surface area contributed by atoms with Crippen molar-refractivity contribution in [1.29, 1.82) is 0 Å². The van der Waals surface area contributed by atoms with Crippen LogP contribution in [0.4, 0.5) is 0 Å². The number of rotatable bonds is 7. The molecular weight excluding hydrogens is 304 g/mol. The van der Waals surface area contributed by atoms with Gasteiger partial charge in [-0.3, -0.25) is 0 Å². The quantitative estimate of drug-likeness (QED) is 0.565. The van der Waals surface area contributed by atoms with Gasteiger partial charge in [-0.15, -0.1) is 0 Å². The molecule has 1 nitrogen and oxygen atoms in total. The van der Waals surface area contributed by atoms with Gasteiger partial charge >= 0.3 is 0 Å². The topological polar surface area (TPSA) is 20.2 Å². The maximum Gasteiger partial charge on any atom is 0.0579 e. The Kier molecular flexibility index (Phi) is 5.36. The van der Waals surface area contributed by atoms with Gasteiger partial charge in [0.15, 0.2) is 0 Å². The van der Waals surface area contributed by atoms with Gasteiger partial charge in [-0.2, -0.15) is 0 Å². The predicted molar refractivity (Wildman–Crippen MR) is 107 cm³/mol. The molecule has 0 amide bonds. The highest BCUT2D eigenvalue weighted by molar-refractivity contribution is 5.32. The highest BCUT2D eigenvalue weighted by atomic mass is 16.3. The molecule has 2 unspecified atom stereocenters. The lowest BCUT2D eigenvalue weighted by Gasteiger charge is -2.62. The molecule has 4 rings (SSSR count). The van der Waals surface area contributed by atoms with Crippen LogP contribution < -0.4 is 0 Å². The summed E-state index contributed by atoms with van der Waals surface area (Å²) in [5.41, 5.74) is 3.48. The molecule has 3 aliphatic carbocycles. The number of benzene rings is 1. The molecule has 1 N–H and O–H groups in total. The normalized spacial score (nSPS) is 30.8. The molecule has 0 spiro atoms. The molecule has 0 heterocycles. The number of hydrogen-bond acceptors (Lipinski definition) is 1.